The molecule has 1 fully saturated rings. The van der Waals surface area contributed by atoms with Crippen LogP contribution in [0.15, 0.2) is 54.6 Å². The molecule has 1 aliphatic carbocycles. The maximum absolute atomic E-state index is 11.3. The molecule has 3 aromatic rings. The van der Waals surface area contributed by atoms with Gasteiger partial charge in [-0.25, -0.2) is 0 Å². The van der Waals surface area contributed by atoms with Crippen molar-refractivity contribution in [2.45, 2.75) is 45.8 Å². The number of aryl methyl sites for hydroxylation is 2. The molecule has 6 nitrogen and oxygen atoms in total. The number of aliphatic carboxylic acids is 1. The number of benzene rings is 3. The SMILES string of the molecule is CCOCCOc1cc(C)c(-c2cccc(C(C)Oc3ccc4c(c3)OC3C(C(=O)O)C43)c2)c(C)c1. The number of hydrogen-bond donors (Lipinski definition) is 1. The fraction of sp³-hybridized carbons (Fsp3) is 0.367. The summed E-state index contributed by atoms with van der Waals surface area (Å²) in [5.41, 5.74) is 6.67. The Hall–Kier alpha value is -3.51. The summed E-state index contributed by atoms with van der Waals surface area (Å²) >= 11 is 0. The number of ether oxygens (including phenoxy) is 4. The van der Waals surface area contributed by atoms with Gasteiger partial charge in [-0.05, 0) is 79.8 Å². The van der Waals surface area contributed by atoms with Gasteiger partial charge in [-0.1, -0.05) is 24.3 Å². The largest absolute Gasteiger partial charge is 0.491 e. The second-order valence-corrected chi connectivity index (χ2v) is 9.53. The van der Waals surface area contributed by atoms with Gasteiger partial charge in [0, 0.05) is 24.2 Å². The molecule has 1 aliphatic heterocycles. The molecule has 3 aromatic carbocycles. The number of carbonyl (C=O) groups is 1. The first-order valence-corrected chi connectivity index (χ1v) is 12.5. The second kappa shape index (κ2) is 9.86. The first-order chi connectivity index (χ1) is 17.4. The van der Waals surface area contributed by atoms with Crippen LogP contribution in [0.2, 0.25) is 0 Å². The molecule has 188 valence electrons. The third-order valence-electron chi connectivity index (χ3n) is 7.01. The summed E-state index contributed by atoms with van der Waals surface area (Å²) < 4.78 is 23.3. The highest BCUT2D eigenvalue weighted by Gasteiger charge is 2.63. The van der Waals surface area contributed by atoms with Crippen LogP contribution in [0.3, 0.4) is 0 Å². The predicted octanol–water partition coefficient (Wildman–Crippen LogP) is 6.08. The van der Waals surface area contributed by atoms with E-state index >= 15 is 0 Å². The van der Waals surface area contributed by atoms with Gasteiger partial charge in [-0.3, -0.25) is 4.79 Å². The Bertz CT molecular complexity index is 1260. The summed E-state index contributed by atoms with van der Waals surface area (Å²) in [5, 5.41) is 9.27. The normalized spacial score (nSPS) is 20.2. The quantitative estimate of drug-likeness (QED) is 0.349. The van der Waals surface area contributed by atoms with Crippen molar-refractivity contribution < 1.29 is 28.8 Å². The van der Waals surface area contributed by atoms with Crippen LogP contribution in [0.5, 0.6) is 17.2 Å². The lowest BCUT2D eigenvalue weighted by molar-refractivity contribution is -0.139. The van der Waals surface area contributed by atoms with Crippen molar-refractivity contribution in [3.05, 3.63) is 76.9 Å². The van der Waals surface area contributed by atoms with Crippen LogP contribution in [-0.4, -0.2) is 37.0 Å². The van der Waals surface area contributed by atoms with Gasteiger partial charge >= 0.3 is 5.97 Å². The average molecular weight is 489 g/mol. The van der Waals surface area contributed by atoms with Gasteiger partial charge in [0.2, 0.25) is 0 Å². The standard InChI is InChI=1S/C30H32O6/c1-5-33-11-12-34-23-13-17(2)26(18(3)14-23)21-8-6-7-20(15-21)19(4)35-22-9-10-24-25(16-22)36-29-27(24)28(29)30(31)32/h6-10,13-16,19,27-29H,5,11-12H2,1-4H3,(H,31,32). The maximum atomic E-state index is 11.3. The third kappa shape index (κ3) is 4.65. The van der Waals surface area contributed by atoms with Crippen LogP contribution < -0.4 is 14.2 Å². The first kappa shape index (κ1) is 24.2. The van der Waals surface area contributed by atoms with Crippen molar-refractivity contribution in [1.82, 2.24) is 0 Å². The zero-order chi connectivity index (χ0) is 25.4. The third-order valence-corrected chi connectivity index (χ3v) is 7.01. The molecule has 0 radical (unpaired) electrons. The van der Waals surface area contributed by atoms with Crippen LogP contribution in [0, 0.1) is 19.8 Å². The van der Waals surface area contributed by atoms with E-state index in [2.05, 4.69) is 50.2 Å². The summed E-state index contributed by atoms with van der Waals surface area (Å²) in [4.78, 5) is 11.3. The second-order valence-electron chi connectivity index (χ2n) is 9.53. The molecule has 4 atom stereocenters. The van der Waals surface area contributed by atoms with Gasteiger partial charge in [-0.2, -0.15) is 0 Å². The highest BCUT2D eigenvalue weighted by Crippen LogP contribution is 2.58. The van der Waals surface area contributed by atoms with Crippen molar-refractivity contribution in [2.24, 2.45) is 5.92 Å². The first-order valence-electron chi connectivity index (χ1n) is 12.5. The van der Waals surface area contributed by atoms with Crippen molar-refractivity contribution in [3.63, 3.8) is 0 Å². The van der Waals surface area contributed by atoms with E-state index in [1.807, 2.05) is 32.0 Å². The molecule has 5 rings (SSSR count). The molecular weight excluding hydrogens is 456 g/mol. The summed E-state index contributed by atoms with van der Waals surface area (Å²) in [6.45, 7) is 10.0. The Balaban J connectivity index is 1.29. The number of fused-ring (bicyclic) bond motifs is 3. The Morgan fingerprint density at radius 2 is 1.81 bits per heavy atom. The van der Waals surface area contributed by atoms with Gasteiger partial charge in [-0.15, -0.1) is 0 Å². The Kier molecular flexibility index (Phi) is 6.63. The number of carboxylic acids is 1. The van der Waals surface area contributed by atoms with Gasteiger partial charge in [0.05, 0.1) is 6.61 Å². The van der Waals surface area contributed by atoms with E-state index in [0.29, 0.717) is 25.6 Å². The van der Waals surface area contributed by atoms with Crippen LogP contribution in [0.1, 0.15) is 48.1 Å². The van der Waals surface area contributed by atoms with E-state index < -0.39 is 11.9 Å². The average Bonchev–Trinajstić information content (AvgIpc) is 3.44. The molecular formula is C30H32O6. The minimum absolute atomic E-state index is 0.0337. The Morgan fingerprint density at radius 1 is 1.03 bits per heavy atom. The molecule has 0 spiro atoms. The van der Waals surface area contributed by atoms with Crippen LogP contribution in [0.4, 0.5) is 0 Å². The molecule has 1 N–H and O–H groups in total. The van der Waals surface area contributed by atoms with Crippen LogP contribution >= 0.6 is 0 Å². The molecule has 0 amide bonds. The Morgan fingerprint density at radius 3 is 2.53 bits per heavy atom. The summed E-state index contributed by atoms with van der Waals surface area (Å²) in [5.74, 6) is 1.05. The molecule has 36 heavy (non-hydrogen) atoms. The van der Waals surface area contributed by atoms with E-state index in [1.54, 1.807) is 0 Å². The number of hydrogen-bond acceptors (Lipinski definition) is 5. The molecule has 6 heteroatoms. The van der Waals surface area contributed by atoms with E-state index in [4.69, 9.17) is 18.9 Å². The maximum Gasteiger partial charge on any atom is 0.311 e. The molecule has 0 saturated heterocycles. The van der Waals surface area contributed by atoms with Crippen molar-refractivity contribution in [3.8, 4) is 28.4 Å². The van der Waals surface area contributed by atoms with Gasteiger partial charge < -0.3 is 24.1 Å². The van der Waals surface area contributed by atoms with Gasteiger partial charge in [0.15, 0.2) is 0 Å². The highest BCUT2D eigenvalue weighted by atomic mass is 16.5. The van der Waals surface area contributed by atoms with E-state index in [1.165, 1.54) is 5.56 Å². The lowest BCUT2D eigenvalue weighted by atomic mass is 9.93. The fourth-order valence-corrected chi connectivity index (χ4v) is 5.25. The van der Waals surface area contributed by atoms with Crippen molar-refractivity contribution in [2.75, 3.05) is 19.8 Å². The lowest BCUT2D eigenvalue weighted by Gasteiger charge is -2.19. The van der Waals surface area contributed by atoms with Crippen molar-refractivity contribution in [1.29, 1.82) is 0 Å². The molecule has 4 unspecified atom stereocenters. The van der Waals surface area contributed by atoms with E-state index in [0.717, 1.165) is 39.3 Å². The zero-order valence-corrected chi connectivity index (χ0v) is 21.1. The molecule has 2 aliphatic rings. The summed E-state index contributed by atoms with van der Waals surface area (Å²) in [6, 6.07) is 18.3. The summed E-state index contributed by atoms with van der Waals surface area (Å²) in [6.07, 6.45) is -0.415. The van der Waals surface area contributed by atoms with Gasteiger partial charge in [0.1, 0.15) is 42.0 Å². The van der Waals surface area contributed by atoms with Crippen LogP contribution in [0.25, 0.3) is 11.1 Å². The van der Waals surface area contributed by atoms with E-state index in [9.17, 15) is 9.90 Å². The smallest absolute Gasteiger partial charge is 0.311 e. The molecule has 0 bridgehead atoms. The topological polar surface area (TPSA) is 74.2 Å². The van der Waals surface area contributed by atoms with Crippen LogP contribution in [-0.2, 0) is 9.53 Å². The zero-order valence-electron chi connectivity index (χ0n) is 21.1. The lowest BCUT2D eigenvalue weighted by Crippen LogP contribution is -2.09. The monoisotopic (exact) mass is 488 g/mol. The predicted molar refractivity (Wildman–Crippen MR) is 137 cm³/mol. The van der Waals surface area contributed by atoms with Gasteiger partial charge in [0.25, 0.3) is 0 Å². The highest BCUT2D eigenvalue weighted by molar-refractivity contribution is 5.79. The molecule has 0 aromatic heterocycles. The minimum atomic E-state index is -0.793. The summed E-state index contributed by atoms with van der Waals surface area (Å²) in [7, 11) is 0. The fourth-order valence-electron chi connectivity index (χ4n) is 5.25. The Labute approximate surface area is 211 Å². The minimum Gasteiger partial charge on any atom is -0.491 e. The van der Waals surface area contributed by atoms with Crippen molar-refractivity contribution >= 4 is 5.97 Å². The number of rotatable bonds is 10. The number of carboxylic acid groups (broad SMARTS) is 1. The molecule has 1 saturated carbocycles. The van der Waals surface area contributed by atoms with E-state index in [-0.39, 0.29) is 18.1 Å². The molecule has 1 heterocycles.